The Bertz CT molecular complexity index is 1880. The highest BCUT2D eigenvalue weighted by Gasteiger charge is 2.30. The first-order valence-corrected chi connectivity index (χ1v) is 17.7. The Balaban J connectivity index is 1.35. The summed E-state index contributed by atoms with van der Waals surface area (Å²) in [6.07, 6.45) is 17.6. The second kappa shape index (κ2) is 14.9. The molecule has 0 saturated heterocycles. The quantitative estimate of drug-likeness (QED) is 0.107. The molecule has 0 aliphatic carbocycles. The first-order valence-electron chi connectivity index (χ1n) is 14.5. The van der Waals surface area contributed by atoms with E-state index in [0.717, 1.165) is 43.2 Å². The molecule has 0 aromatic heterocycles. The summed E-state index contributed by atoms with van der Waals surface area (Å²) < 4.78 is 40.8. The standard InChI is InChI=1S/C39H29ClO4S2/c41-40(42,43)44-46-36(28-35(31-17-7-2-8-18-31)29-39(46)34-23-13-5-14-24-34)25-15-1-6-16-30-26-37(32-19-9-3-10-20-32)45-38(27-30)33-21-11-4-12-22-33/h1-29H/b6-1+,25-15+. The van der Waals surface area contributed by atoms with Gasteiger partial charge in [0.25, 0.3) is 0 Å². The highest BCUT2D eigenvalue weighted by atomic mass is 35.7. The van der Waals surface area contributed by atoms with Gasteiger partial charge >= 0.3 is 0 Å². The molecule has 0 saturated carbocycles. The van der Waals surface area contributed by atoms with Crippen molar-refractivity contribution < 1.29 is 28.0 Å². The Morgan fingerprint density at radius 2 is 1.04 bits per heavy atom. The fraction of sp³-hybridized carbons (Fsp3) is 0. The smallest absolute Gasteiger partial charge is 0.147 e. The van der Waals surface area contributed by atoms with E-state index in [-0.39, 0.29) is 0 Å². The van der Waals surface area contributed by atoms with Crippen molar-refractivity contribution in [3.05, 3.63) is 204 Å². The van der Waals surface area contributed by atoms with Crippen molar-refractivity contribution in [1.82, 2.24) is 0 Å². The van der Waals surface area contributed by atoms with Crippen molar-refractivity contribution in [2.45, 2.75) is 0 Å². The van der Waals surface area contributed by atoms with Gasteiger partial charge in [0.2, 0.25) is 0 Å². The summed E-state index contributed by atoms with van der Waals surface area (Å²) in [4.78, 5) is 3.49. The van der Waals surface area contributed by atoms with Gasteiger partial charge in [-0.25, -0.2) is 0 Å². The maximum Gasteiger partial charge on any atom is 0.147 e. The third-order valence-electron chi connectivity index (χ3n) is 7.01. The summed E-state index contributed by atoms with van der Waals surface area (Å²) >= 11 is 1.75. The van der Waals surface area contributed by atoms with E-state index in [2.05, 4.69) is 36.4 Å². The van der Waals surface area contributed by atoms with Crippen LogP contribution in [-0.2, 0) is 3.74 Å². The van der Waals surface area contributed by atoms with Gasteiger partial charge in [-0.1, -0.05) is 157 Å². The highest BCUT2D eigenvalue weighted by Crippen LogP contribution is 2.45. The van der Waals surface area contributed by atoms with E-state index < -0.39 is 21.0 Å². The van der Waals surface area contributed by atoms with E-state index in [9.17, 15) is 14.0 Å². The minimum atomic E-state index is -4.68. The summed E-state index contributed by atoms with van der Waals surface area (Å²) in [6.45, 7) is 0. The number of benzene rings is 4. The first kappa shape index (κ1) is 31.7. The van der Waals surface area contributed by atoms with Crippen molar-refractivity contribution in [2.24, 2.45) is 0 Å². The molecule has 2 heterocycles. The molecule has 4 aromatic carbocycles. The molecule has 2 aliphatic rings. The third-order valence-corrected chi connectivity index (χ3v) is 10.7. The van der Waals surface area contributed by atoms with E-state index in [0.29, 0.717) is 9.77 Å². The van der Waals surface area contributed by atoms with E-state index in [1.807, 2.05) is 134 Å². The number of hydrogen-bond acceptors (Lipinski definition) is 5. The maximum absolute atomic E-state index is 11.9. The molecule has 4 aromatic rings. The maximum atomic E-state index is 11.9. The number of thioether (sulfide) groups is 1. The number of rotatable bonds is 9. The van der Waals surface area contributed by atoms with E-state index in [1.54, 1.807) is 17.8 Å². The van der Waals surface area contributed by atoms with Crippen molar-refractivity contribution in [3.8, 4) is 0 Å². The zero-order valence-corrected chi connectivity index (χ0v) is 27.0. The molecule has 0 fully saturated rings. The van der Waals surface area contributed by atoms with Crippen LogP contribution in [-0.4, -0.2) is 4.86 Å². The largest absolute Gasteiger partial charge is 0.182 e. The van der Waals surface area contributed by atoms with Crippen LogP contribution in [0.3, 0.4) is 0 Å². The van der Waals surface area contributed by atoms with Gasteiger partial charge < -0.3 is 0 Å². The Morgan fingerprint density at radius 3 is 1.57 bits per heavy atom. The van der Waals surface area contributed by atoms with Crippen molar-refractivity contribution >= 4 is 47.7 Å². The van der Waals surface area contributed by atoms with Gasteiger partial charge in [0.15, 0.2) is 0 Å². The van der Waals surface area contributed by atoms with Gasteiger partial charge in [0.1, 0.15) is 14.5 Å². The van der Waals surface area contributed by atoms with Gasteiger partial charge in [-0.3, -0.25) is 0 Å². The molecular formula is C39H29ClO4S2. The molecular weight excluding hydrogens is 632 g/mol. The summed E-state index contributed by atoms with van der Waals surface area (Å²) in [5, 5.41) is 0. The van der Waals surface area contributed by atoms with E-state index in [1.165, 1.54) is 0 Å². The Morgan fingerprint density at radius 1 is 0.543 bits per heavy atom. The zero-order chi connectivity index (χ0) is 31.8. The molecule has 0 amide bonds. The lowest BCUT2D eigenvalue weighted by Gasteiger charge is -2.20. The third kappa shape index (κ3) is 8.31. The van der Waals surface area contributed by atoms with Crippen LogP contribution in [0, 0.1) is 10.2 Å². The van der Waals surface area contributed by atoms with Crippen LogP contribution in [0.25, 0.3) is 20.3 Å². The lowest BCUT2D eigenvalue weighted by atomic mass is 10.0. The topological polar surface area (TPSA) is 78.4 Å². The summed E-state index contributed by atoms with van der Waals surface area (Å²) in [5.41, 5.74) is 5.97. The average molecular weight is 661 g/mol. The molecule has 6 rings (SSSR count). The van der Waals surface area contributed by atoms with Crippen molar-refractivity contribution in [1.29, 1.82) is 0 Å². The second-order valence-electron chi connectivity index (χ2n) is 10.2. The molecule has 46 heavy (non-hydrogen) atoms. The first-order chi connectivity index (χ1) is 22.4. The van der Waals surface area contributed by atoms with Crippen molar-refractivity contribution in [2.75, 3.05) is 0 Å². The lowest BCUT2D eigenvalue weighted by Crippen LogP contribution is -2.60. The van der Waals surface area contributed by atoms with Gasteiger partial charge in [0, 0.05) is 14.7 Å². The second-order valence-corrected chi connectivity index (χ2v) is 14.0. The van der Waals surface area contributed by atoms with Crippen LogP contribution in [0.1, 0.15) is 22.3 Å². The van der Waals surface area contributed by atoms with Crippen LogP contribution >= 0.6 is 22.5 Å². The zero-order valence-electron chi connectivity index (χ0n) is 24.6. The molecule has 0 spiro atoms. The van der Waals surface area contributed by atoms with Crippen LogP contribution in [0.15, 0.2) is 182 Å². The number of hydrogen-bond donors (Lipinski definition) is 0. The summed E-state index contributed by atoms with van der Waals surface area (Å²) in [6, 6.07) is 39.8. The fourth-order valence-corrected chi connectivity index (χ4v) is 8.49. The molecule has 0 N–H and O–H groups in total. The average Bonchev–Trinajstić information content (AvgIpc) is 3.09. The van der Waals surface area contributed by atoms with E-state index in [4.69, 9.17) is 3.74 Å². The molecule has 0 radical (unpaired) electrons. The molecule has 7 heteroatoms. The highest BCUT2D eigenvalue weighted by molar-refractivity contribution is 8.20. The number of halogens is 1. The van der Waals surface area contributed by atoms with Crippen LogP contribution in [0.4, 0.5) is 0 Å². The summed E-state index contributed by atoms with van der Waals surface area (Å²) in [5.74, 6) is 0. The Labute approximate surface area is 278 Å². The van der Waals surface area contributed by atoms with Gasteiger partial charge in [0.05, 0.1) is 15.1 Å². The Hall–Kier alpha value is -4.24. The fourth-order valence-electron chi connectivity index (χ4n) is 4.91. The molecule has 4 nitrogen and oxygen atoms in total. The van der Waals surface area contributed by atoms with Gasteiger partial charge in [-0.05, 0) is 63.8 Å². The molecule has 228 valence electrons. The SMILES string of the molecule is [O-][Cl+3]([O-])([O-])OS1=C(/C=C/C=C/C=C2C=C(c3ccccc3)SC(c3ccccc3)=C2)C=C(c2ccccc2)C=C1c1ccccc1. The van der Waals surface area contributed by atoms with Crippen LogP contribution < -0.4 is 14.0 Å². The summed E-state index contributed by atoms with van der Waals surface area (Å²) in [7, 11) is -6.15. The Kier molecular flexibility index (Phi) is 10.3. The predicted octanol–water partition coefficient (Wildman–Crippen LogP) is 7.26. The molecule has 2 aliphatic heterocycles. The molecule has 1 atom stereocenters. The predicted molar refractivity (Wildman–Crippen MR) is 185 cm³/mol. The molecule has 1 unspecified atom stereocenters. The lowest BCUT2D eigenvalue weighted by molar-refractivity contribution is -1.91. The van der Waals surface area contributed by atoms with E-state index >= 15 is 0 Å². The monoisotopic (exact) mass is 660 g/mol. The van der Waals surface area contributed by atoms with Crippen LogP contribution in [0.2, 0.25) is 0 Å². The minimum absolute atomic E-state index is 0.566. The van der Waals surface area contributed by atoms with Gasteiger partial charge in [-0.15, -0.1) is 0 Å². The van der Waals surface area contributed by atoms with Crippen LogP contribution in [0.5, 0.6) is 0 Å². The van der Waals surface area contributed by atoms with Gasteiger partial charge in [-0.2, -0.15) is 14.0 Å². The molecule has 0 bridgehead atoms. The number of allylic oxidation sites excluding steroid dienone is 11. The van der Waals surface area contributed by atoms with Crippen molar-refractivity contribution in [3.63, 3.8) is 0 Å². The minimum Gasteiger partial charge on any atom is -0.182 e. The normalized spacial score (nSPS) is 17.1.